The Hall–Kier alpha value is -2.54. The third-order valence-electron chi connectivity index (χ3n) is 7.48. The summed E-state index contributed by atoms with van der Waals surface area (Å²) in [6.45, 7) is 6.42. The van der Waals surface area contributed by atoms with Crippen molar-refractivity contribution in [2.24, 2.45) is 29.6 Å². The van der Waals surface area contributed by atoms with Gasteiger partial charge in [0, 0.05) is 29.5 Å². The second-order valence-electron chi connectivity index (χ2n) is 10.7. The molecule has 3 aliphatic rings. The summed E-state index contributed by atoms with van der Waals surface area (Å²) in [4.78, 5) is 30.8. The predicted molar refractivity (Wildman–Crippen MR) is 130 cm³/mol. The normalized spacial score (nSPS) is 25.0. The Morgan fingerprint density at radius 3 is 2.56 bits per heavy atom. The number of carbonyl (C=O) groups is 2. The summed E-state index contributed by atoms with van der Waals surface area (Å²) in [5.41, 5.74) is 5.90. The van der Waals surface area contributed by atoms with Crippen LogP contribution < -0.4 is 15.5 Å². The fourth-order valence-corrected chi connectivity index (χ4v) is 5.67. The molecule has 2 atom stereocenters. The number of allylic oxidation sites excluding steroid dienone is 1. The summed E-state index contributed by atoms with van der Waals surface area (Å²) in [6.07, 6.45) is 5.75. The van der Waals surface area contributed by atoms with Gasteiger partial charge in [0.15, 0.2) is 0 Å². The van der Waals surface area contributed by atoms with Crippen LogP contribution in [0, 0.1) is 36.5 Å². The first kappa shape index (κ1) is 24.6. The van der Waals surface area contributed by atoms with Crippen molar-refractivity contribution in [2.45, 2.75) is 71.8 Å². The van der Waals surface area contributed by atoms with Crippen LogP contribution in [0.5, 0.6) is 5.75 Å². The molecule has 0 radical (unpaired) electrons. The second-order valence-corrected chi connectivity index (χ2v) is 10.7. The zero-order valence-corrected chi connectivity index (χ0v) is 20.7. The van der Waals surface area contributed by atoms with Gasteiger partial charge in [0.25, 0.3) is 0 Å². The van der Waals surface area contributed by atoms with Gasteiger partial charge in [-0.1, -0.05) is 19.9 Å². The van der Waals surface area contributed by atoms with Crippen LogP contribution in [0.25, 0.3) is 0 Å². The molecule has 1 heterocycles. The van der Waals surface area contributed by atoms with Gasteiger partial charge in [-0.3, -0.25) is 9.59 Å². The van der Waals surface area contributed by atoms with Crippen molar-refractivity contribution in [1.82, 2.24) is 5.48 Å². The van der Waals surface area contributed by atoms with Gasteiger partial charge in [0.1, 0.15) is 11.5 Å². The first-order valence-corrected chi connectivity index (χ1v) is 12.6. The Kier molecular flexibility index (Phi) is 7.51. The lowest BCUT2D eigenvalue weighted by Gasteiger charge is -2.36. The molecule has 7 heteroatoms. The van der Waals surface area contributed by atoms with Gasteiger partial charge in [-0.05, 0) is 74.5 Å². The number of carboxylic acid groups (broad SMARTS) is 1. The number of carboxylic acids is 1. The summed E-state index contributed by atoms with van der Waals surface area (Å²) < 4.78 is 5.35. The molecule has 2 unspecified atom stereocenters. The van der Waals surface area contributed by atoms with Crippen LogP contribution in [0.1, 0.15) is 64.4 Å². The number of hydrogen-bond donors (Lipinski definition) is 3. The maximum Gasteiger partial charge on any atom is 0.303 e. The third kappa shape index (κ3) is 5.57. The number of amides is 1. The van der Waals surface area contributed by atoms with Crippen molar-refractivity contribution in [2.75, 3.05) is 12.4 Å². The smallest absolute Gasteiger partial charge is 0.303 e. The van der Waals surface area contributed by atoms with E-state index in [1.807, 2.05) is 25.1 Å². The fourth-order valence-electron chi connectivity index (χ4n) is 5.67. The molecular weight excluding hydrogens is 432 g/mol. The van der Waals surface area contributed by atoms with E-state index in [1.165, 1.54) is 12.0 Å². The molecule has 1 aliphatic heterocycles. The van der Waals surface area contributed by atoms with E-state index in [0.717, 1.165) is 42.9 Å². The summed E-state index contributed by atoms with van der Waals surface area (Å²) in [5.74, 6) is 2.54. The minimum Gasteiger partial charge on any atom is -0.496 e. The first-order valence-electron chi connectivity index (χ1n) is 12.6. The van der Waals surface area contributed by atoms with Crippen molar-refractivity contribution in [3.63, 3.8) is 0 Å². The van der Waals surface area contributed by atoms with Crippen LogP contribution in [-0.4, -0.2) is 30.1 Å². The molecule has 0 spiro atoms. The second kappa shape index (κ2) is 10.4. The average molecular weight is 471 g/mol. The molecule has 4 rings (SSSR count). The molecule has 2 fully saturated rings. The van der Waals surface area contributed by atoms with E-state index in [1.54, 1.807) is 7.11 Å². The minimum atomic E-state index is -0.901. The number of benzene rings is 1. The predicted octanol–water partition coefficient (Wildman–Crippen LogP) is 5.06. The molecule has 34 heavy (non-hydrogen) atoms. The molecule has 1 aromatic carbocycles. The van der Waals surface area contributed by atoms with E-state index < -0.39 is 5.97 Å². The number of hydroxylamine groups is 1. The molecule has 186 valence electrons. The largest absolute Gasteiger partial charge is 0.496 e. The molecule has 0 aromatic heterocycles. The lowest BCUT2D eigenvalue weighted by Crippen LogP contribution is -2.37. The fraction of sp³-hybridized carbons (Fsp3) is 0.630. The lowest BCUT2D eigenvalue weighted by atomic mass is 9.69. The van der Waals surface area contributed by atoms with Crippen LogP contribution in [0.4, 0.5) is 5.69 Å². The van der Waals surface area contributed by atoms with Crippen LogP contribution in [0.2, 0.25) is 0 Å². The standard InChI is InChI=1S/C27H38N2O5/c1-15(2)10-17-11-20(12-17)27-25(18-8-9-18)26(29-34-27)19(14-24(31)32)13-23(30)28-21-6-5-7-22(33-4)16(21)3/h5-7,15,17-20,26,29H,8-14H2,1-4H3,(H,28,30)(H,31,32). The van der Waals surface area contributed by atoms with Gasteiger partial charge < -0.3 is 20.0 Å². The number of aliphatic carboxylic acids is 1. The number of anilines is 1. The molecule has 3 N–H and O–H groups in total. The molecule has 2 aliphatic carbocycles. The molecule has 0 bridgehead atoms. The average Bonchev–Trinajstić information content (AvgIpc) is 3.49. The van der Waals surface area contributed by atoms with Crippen molar-refractivity contribution < 1.29 is 24.3 Å². The maximum absolute atomic E-state index is 13.0. The molecular formula is C27H38N2O5. The van der Waals surface area contributed by atoms with Gasteiger partial charge in [-0.25, -0.2) is 0 Å². The first-order chi connectivity index (χ1) is 16.3. The Balaban J connectivity index is 1.48. The highest BCUT2D eigenvalue weighted by molar-refractivity contribution is 5.92. The van der Waals surface area contributed by atoms with Gasteiger partial charge in [-0.15, -0.1) is 5.48 Å². The number of carbonyl (C=O) groups excluding carboxylic acids is 1. The van der Waals surface area contributed by atoms with Crippen LogP contribution in [-0.2, 0) is 14.4 Å². The number of hydrogen-bond acceptors (Lipinski definition) is 5. The zero-order valence-electron chi connectivity index (χ0n) is 20.7. The zero-order chi connectivity index (χ0) is 24.4. The Labute approximate surface area is 202 Å². The monoisotopic (exact) mass is 470 g/mol. The highest BCUT2D eigenvalue weighted by Gasteiger charge is 2.47. The summed E-state index contributed by atoms with van der Waals surface area (Å²) in [6, 6.07) is 5.27. The number of nitrogens with one attached hydrogen (secondary N) is 2. The van der Waals surface area contributed by atoms with Crippen molar-refractivity contribution >= 4 is 17.6 Å². The molecule has 1 aromatic rings. The third-order valence-corrected chi connectivity index (χ3v) is 7.48. The summed E-state index contributed by atoms with van der Waals surface area (Å²) >= 11 is 0. The Morgan fingerprint density at radius 1 is 1.21 bits per heavy atom. The van der Waals surface area contributed by atoms with E-state index in [-0.39, 0.29) is 30.7 Å². The highest BCUT2D eigenvalue weighted by atomic mass is 16.7. The molecule has 0 saturated heterocycles. The minimum absolute atomic E-state index is 0.0876. The van der Waals surface area contributed by atoms with Gasteiger partial charge in [0.2, 0.25) is 5.91 Å². The SMILES string of the molecule is COc1cccc(NC(=O)CC(CC(=O)O)C2NOC(C3CC(CC(C)C)C3)=C2C2CC2)c1C. The van der Waals surface area contributed by atoms with E-state index in [9.17, 15) is 14.7 Å². The molecule has 7 nitrogen and oxygen atoms in total. The molecule has 1 amide bonds. The van der Waals surface area contributed by atoms with E-state index in [4.69, 9.17) is 9.57 Å². The van der Waals surface area contributed by atoms with E-state index in [2.05, 4.69) is 24.6 Å². The highest BCUT2D eigenvalue weighted by Crippen LogP contribution is 2.51. The summed E-state index contributed by atoms with van der Waals surface area (Å²) in [7, 11) is 1.60. The van der Waals surface area contributed by atoms with Gasteiger partial charge >= 0.3 is 5.97 Å². The van der Waals surface area contributed by atoms with E-state index >= 15 is 0 Å². The van der Waals surface area contributed by atoms with E-state index in [0.29, 0.717) is 29.2 Å². The topological polar surface area (TPSA) is 96.9 Å². The Bertz CT molecular complexity index is 946. The number of rotatable bonds is 11. The lowest BCUT2D eigenvalue weighted by molar-refractivity contribution is -0.138. The number of methoxy groups -OCH3 is 1. The van der Waals surface area contributed by atoms with Gasteiger partial charge in [0.05, 0.1) is 19.6 Å². The van der Waals surface area contributed by atoms with Crippen molar-refractivity contribution in [3.05, 3.63) is 35.1 Å². The molecule has 2 saturated carbocycles. The van der Waals surface area contributed by atoms with Crippen molar-refractivity contribution in [3.8, 4) is 5.75 Å². The quantitative estimate of drug-likeness (QED) is 0.418. The van der Waals surface area contributed by atoms with Crippen LogP contribution in [0.3, 0.4) is 0 Å². The van der Waals surface area contributed by atoms with Gasteiger partial charge in [-0.2, -0.15) is 0 Å². The van der Waals surface area contributed by atoms with Crippen molar-refractivity contribution in [1.29, 1.82) is 0 Å². The summed E-state index contributed by atoms with van der Waals surface area (Å²) in [5, 5.41) is 12.6. The van der Waals surface area contributed by atoms with Crippen LogP contribution in [0.15, 0.2) is 29.5 Å². The Morgan fingerprint density at radius 2 is 1.94 bits per heavy atom. The van der Waals surface area contributed by atoms with Crippen LogP contribution >= 0.6 is 0 Å². The number of ether oxygens (including phenoxy) is 1. The maximum atomic E-state index is 13.0.